The molecule has 0 spiro atoms. The third-order valence-electron chi connectivity index (χ3n) is 5.18. The van der Waals surface area contributed by atoms with Gasteiger partial charge < -0.3 is 4.90 Å². The summed E-state index contributed by atoms with van der Waals surface area (Å²) < 4.78 is 38.6. The molecule has 1 saturated heterocycles. The average Bonchev–Trinajstić information content (AvgIpc) is 2.94. The Balaban J connectivity index is 1.63. The van der Waals surface area contributed by atoms with Gasteiger partial charge >= 0.3 is 0 Å². The van der Waals surface area contributed by atoms with E-state index in [1.54, 1.807) is 4.90 Å². The molecule has 0 bridgehead atoms. The Bertz CT molecular complexity index is 949. The second-order valence-electron chi connectivity index (χ2n) is 7.22. The summed E-state index contributed by atoms with van der Waals surface area (Å²) in [6.45, 7) is 4.62. The molecular weight excluding hydrogens is 415 g/mol. The molecule has 0 aromatic heterocycles. The number of nitrogens with zero attached hydrogens (tertiary/aromatic N) is 2. The van der Waals surface area contributed by atoms with E-state index in [0.29, 0.717) is 24.7 Å². The van der Waals surface area contributed by atoms with E-state index in [0.717, 1.165) is 37.2 Å². The van der Waals surface area contributed by atoms with Crippen molar-refractivity contribution in [3.05, 3.63) is 64.9 Å². The molecule has 1 aliphatic rings. The van der Waals surface area contributed by atoms with Crippen molar-refractivity contribution in [3.63, 3.8) is 0 Å². The minimum atomic E-state index is -3.87. The normalized spacial score (nSPS) is 17.0. The average molecular weight is 439 g/mol. The van der Waals surface area contributed by atoms with Crippen LogP contribution in [0.5, 0.6) is 0 Å². The molecule has 156 valence electrons. The maximum atomic E-state index is 13.1. The van der Waals surface area contributed by atoms with Gasteiger partial charge in [0.05, 0.1) is 4.90 Å². The Labute approximate surface area is 176 Å². The first-order chi connectivity index (χ1) is 13.8. The van der Waals surface area contributed by atoms with E-state index in [9.17, 15) is 17.6 Å². The van der Waals surface area contributed by atoms with Crippen molar-refractivity contribution in [3.8, 4) is 0 Å². The van der Waals surface area contributed by atoms with Gasteiger partial charge in [-0.15, -0.1) is 0 Å². The number of amides is 1. The van der Waals surface area contributed by atoms with Gasteiger partial charge in [0, 0.05) is 37.7 Å². The highest BCUT2D eigenvalue weighted by molar-refractivity contribution is 7.92. The molecule has 5 nitrogen and oxygen atoms in total. The van der Waals surface area contributed by atoms with Crippen molar-refractivity contribution < 1.29 is 17.6 Å². The fraction of sp³-hybridized carbons (Fsp3) is 0.381. The first-order valence-corrected chi connectivity index (χ1v) is 11.4. The van der Waals surface area contributed by atoms with Crippen LogP contribution in [0.15, 0.2) is 53.4 Å². The minimum Gasteiger partial charge on any atom is -0.340 e. The highest BCUT2D eigenvalue weighted by Crippen LogP contribution is 2.19. The largest absolute Gasteiger partial charge is 0.340 e. The molecule has 1 fully saturated rings. The van der Waals surface area contributed by atoms with Gasteiger partial charge in [0.25, 0.3) is 0 Å². The van der Waals surface area contributed by atoms with Crippen LogP contribution in [0.4, 0.5) is 4.39 Å². The van der Waals surface area contributed by atoms with E-state index in [1.807, 2.05) is 24.3 Å². The molecule has 29 heavy (non-hydrogen) atoms. The summed E-state index contributed by atoms with van der Waals surface area (Å²) in [6, 6.07) is 12.2. The molecule has 0 radical (unpaired) electrons. The smallest absolute Gasteiger partial charge is 0.241 e. The highest BCUT2D eigenvalue weighted by Gasteiger charge is 2.33. The van der Waals surface area contributed by atoms with Crippen molar-refractivity contribution in [2.45, 2.75) is 30.0 Å². The van der Waals surface area contributed by atoms with E-state index < -0.39 is 26.8 Å². The number of sulfone groups is 1. The standard InChI is InChI=1S/C21H24ClFN2O3S/c1-16(29(27,28)20-9-7-19(23)8-10-20)21(26)25-12-2-11-24(13-14-25)15-17-3-5-18(22)6-4-17/h3-10,16H,2,11-15H2,1H3. The molecule has 2 aromatic carbocycles. The summed E-state index contributed by atoms with van der Waals surface area (Å²) >= 11 is 5.93. The molecule has 2 aromatic rings. The van der Waals surface area contributed by atoms with E-state index in [2.05, 4.69) is 4.90 Å². The molecule has 1 atom stereocenters. The molecule has 1 unspecified atom stereocenters. The van der Waals surface area contributed by atoms with Gasteiger partial charge in [-0.05, 0) is 55.3 Å². The van der Waals surface area contributed by atoms with Crippen LogP contribution in [0.1, 0.15) is 18.9 Å². The lowest BCUT2D eigenvalue weighted by molar-refractivity contribution is -0.130. The number of hydrogen-bond donors (Lipinski definition) is 0. The number of hydrogen-bond acceptors (Lipinski definition) is 4. The minimum absolute atomic E-state index is 0.0427. The van der Waals surface area contributed by atoms with Gasteiger partial charge in [0.2, 0.25) is 5.91 Å². The van der Waals surface area contributed by atoms with Crippen LogP contribution in [-0.2, 0) is 21.2 Å². The SMILES string of the molecule is CC(C(=O)N1CCCN(Cc2ccc(Cl)cc2)CC1)S(=O)(=O)c1ccc(F)cc1. The van der Waals surface area contributed by atoms with Crippen LogP contribution in [-0.4, -0.2) is 55.6 Å². The summed E-state index contributed by atoms with van der Waals surface area (Å²) in [5.41, 5.74) is 1.14. The Morgan fingerprint density at radius 3 is 2.34 bits per heavy atom. The zero-order valence-corrected chi connectivity index (χ0v) is 17.8. The molecule has 1 heterocycles. The lowest BCUT2D eigenvalue weighted by atomic mass is 10.2. The van der Waals surface area contributed by atoms with Crippen LogP contribution in [0.2, 0.25) is 5.02 Å². The molecule has 3 rings (SSSR count). The molecular formula is C21H24ClFN2O3S. The summed E-state index contributed by atoms with van der Waals surface area (Å²) in [5.74, 6) is -0.932. The van der Waals surface area contributed by atoms with Gasteiger partial charge in [0.15, 0.2) is 9.84 Å². The Hall–Kier alpha value is -1.96. The third-order valence-corrected chi connectivity index (χ3v) is 7.49. The van der Waals surface area contributed by atoms with Crippen LogP contribution in [0, 0.1) is 5.82 Å². The predicted octanol–water partition coefficient (Wildman–Crippen LogP) is 3.38. The lowest BCUT2D eigenvalue weighted by Gasteiger charge is -2.25. The molecule has 1 aliphatic heterocycles. The highest BCUT2D eigenvalue weighted by atomic mass is 35.5. The van der Waals surface area contributed by atoms with Crippen molar-refractivity contribution in [1.82, 2.24) is 9.80 Å². The van der Waals surface area contributed by atoms with Gasteiger partial charge in [-0.25, -0.2) is 12.8 Å². The van der Waals surface area contributed by atoms with Crippen molar-refractivity contribution in [2.24, 2.45) is 0 Å². The van der Waals surface area contributed by atoms with Crippen LogP contribution >= 0.6 is 11.6 Å². The van der Waals surface area contributed by atoms with Crippen LogP contribution in [0.25, 0.3) is 0 Å². The maximum Gasteiger partial charge on any atom is 0.241 e. The first kappa shape index (κ1) is 21.7. The fourth-order valence-corrected chi connectivity index (χ4v) is 4.88. The topological polar surface area (TPSA) is 57.7 Å². The second kappa shape index (κ2) is 9.24. The van der Waals surface area contributed by atoms with Crippen LogP contribution in [0.3, 0.4) is 0 Å². The number of halogens is 2. The zero-order chi connectivity index (χ0) is 21.0. The molecule has 0 aliphatic carbocycles. The first-order valence-electron chi connectivity index (χ1n) is 9.52. The Kier molecular flexibility index (Phi) is 6.93. The maximum absolute atomic E-state index is 13.1. The monoisotopic (exact) mass is 438 g/mol. The number of rotatable bonds is 5. The van der Waals surface area contributed by atoms with E-state index in [-0.39, 0.29) is 4.90 Å². The van der Waals surface area contributed by atoms with Crippen molar-refractivity contribution in [1.29, 1.82) is 0 Å². The van der Waals surface area contributed by atoms with E-state index >= 15 is 0 Å². The molecule has 1 amide bonds. The number of benzene rings is 2. The summed E-state index contributed by atoms with van der Waals surface area (Å²) in [7, 11) is -3.87. The number of carbonyl (C=O) groups is 1. The summed E-state index contributed by atoms with van der Waals surface area (Å²) in [5, 5.41) is -0.520. The lowest BCUT2D eigenvalue weighted by Crippen LogP contribution is -2.43. The van der Waals surface area contributed by atoms with E-state index in [4.69, 9.17) is 11.6 Å². The van der Waals surface area contributed by atoms with Gasteiger partial charge in [0.1, 0.15) is 11.1 Å². The predicted molar refractivity (Wildman–Crippen MR) is 111 cm³/mol. The third kappa shape index (κ3) is 5.35. The Morgan fingerprint density at radius 1 is 1.03 bits per heavy atom. The molecule has 0 saturated carbocycles. The summed E-state index contributed by atoms with van der Waals surface area (Å²) in [4.78, 5) is 16.7. The Morgan fingerprint density at radius 2 is 1.69 bits per heavy atom. The fourth-order valence-electron chi connectivity index (χ4n) is 3.42. The van der Waals surface area contributed by atoms with Gasteiger partial charge in [-0.3, -0.25) is 9.69 Å². The summed E-state index contributed by atoms with van der Waals surface area (Å²) in [6.07, 6.45) is 0.767. The second-order valence-corrected chi connectivity index (χ2v) is 9.93. The van der Waals surface area contributed by atoms with E-state index in [1.165, 1.54) is 19.1 Å². The zero-order valence-electron chi connectivity index (χ0n) is 16.2. The quantitative estimate of drug-likeness (QED) is 0.671. The van der Waals surface area contributed by atoms with Crippen molar-refractivity contribution in [2.75, 3.05) is 26.2 Å². The van der Waals surface area contributed by atoms with Crippen LogP contribution < -0.4 is 0 Å². The molecule has 0 N–H and O–H groups in total. The van der Waals surface area contributed by atoms with Gasteiger partial charge in [-0.2, -0.15) is 0 Å². The number of carbonyl (C=O) groups excluding carboxylic acids is 1. The van der Waals surface area contributed by atoms with Crippen molar-refractivity contribution >= 4 is 27.3 Å². The molecule has 8 heteroatoms. The van der Waals surface area contributed by atoms with Gasteiger partial charge in [-0.1, -0.05) is 23.7 Å².